The topological polar surface area (TPSA) is 126 Å². The number of ketones is 1. The fourth-order valence-corrected chi connectivity index (χ4v) is 7.18. The van der Waals surface area contributed by atoms with Gasteiger partial charge in [-0.05, 0) is 53.7 Å². The highest BCUT2D eigenvalue weighted by molar-refractivity contribution is 6.38. The fourth-order valence-electron chi connectivity index (χ4n) is 6.94. The lowest BCUT2D eigenvalue weighted by Gasteiger charge is -2.26. The predicted octanol–water partition coefficient (Wildman–Crippen LogP) is 5.11. The normalized spacial score (nSPS) is 21.6. The van der Waals surface area contributed by atoms with E-state index in [1.165, 1.54) is 4.90 Å². The summed E-state index contributed by atoms with van der Waals surface area (Å²) >= 11 is 6.46. The first-order valence-electron chi connectivity index (χ1n) is 16.5. The van der Waals surface area contributed by atoms with E-state index in [1.54, 1.807) is 6.07 Å². The molecule has 248 valence electrons. The monoisotopic (exact) mass is 668 g/mol. The molecule has 3 atom stereocenters. The number of ether oxygens (including phenoxy) is 1. The molecule has 3 aromatic rings. The van der Waals surface area contributed by atoms with Crippen LogP contribution in [0.2, 0.25) is 5.02 Å². The molecule has 2 aliphatic heterocycles. The Hall–Kier alpha value is -4.67. The van der Waals surface area contributed by atoms with Crippen molar-refractivity contribution in [1.82, 2.24) is 21.0 Å². The molecule has 2 fully saturated rings. The highest BCUT2D eigenvalue weighted by Crippen LogP contribution is 2.45. The van der Waals surface area contributed by atoms with Crippen LogP contribution in [-0.2, 0) is 24.0 Å². The van der Waals surface area contributed by atoms with Gasteiger partial charge in [0.25, 0.3) is 5.91 Å². The third-order valence-corrected chi connectivity index (χ3v) is 9.84. The third kappa shape index (κ3) is 6.18. The Morgan fingerprint density at radius 3 is 2.27 bits per heavy atom. The zero-order valence-electron chi connectivity index (χ0n) is 26.5. The number of rotatable bonds is 10. The number of hydrogen-bond acceptors (Lipinski definition) is 7. The molecule has 1 spiro atoms. The summed E-state index contributed by atoms with van der Waals surface area (Å²) in [4.78, 5) is 61.1. The van der Waals surface area contributed by atoms with Crippen LogP contribution in [0, 0.1) is 0 Å². The number of Topliss-reactive ketones (excluding diaryl/α,β-unsaturated/α-hetero) is 1. The molecule has 2 aliphatic carbocycles. The minimum absolute atomic E-state index is 0.00398. The van der Waals surface area contributed by atoms with E-state index in [1.807, 2.05) is 67.6 Å². The van der Waals surface area contributed by atoms with E-state index >= 15 is 0 Å². The van der Waals surface area contributed by atoms with Gasteiger partial charge in [0, 0.05) is 29.0 Å². The Kier molecular flexibility index (Phi) is 8.70. The molecule has 10 nitrogen and oxygen atoms in total. The number of nitrogens with one attached hydrogen (secondary N) is 3. The Labute approximate surface area is 283 Å². The highest BCUT2D eigenvalue weighted by Gasteiger charge is 2.53. The lowest BCUT2D eigenvalue weighted by molar-refractivity contribution is -0.140. The SMILES string of the molecule is CCC[C@H](NC(=O)[C@@H]1C[C@]2(C=C(c3ccccc3Cl)NO2)CN1C(=O)OCC1c2ccccc2-c2ccccc21)C(=O)C(=O)NC1CC1. The molecule has 3 N–H and O–H groups in total. The Bertz CT molecular complexity index is 1760. The van der Waals surface area contributed by atoms with Gasteiger partial charge in [-0.25, -0.2) is 4.79 Å². The smallest absolute Gasteiger partial charge is 0.410 e. The number of benzene rings is 3. The second-order valence-electron chi connectivity index (χ2n) is 12.9. The molecule has 48 heavy (non-hydrogen) atoms. The van der Waals surface area contributed by atoms with Gasteiger partial charge in [-0.3, -0.25) is 29.6 Å². The van der Waals surface area contributed by atoms with Crippen LogP contribution in [0.1, 0.15) is 61.6 Å². The van der Waals surface area contributed by atoms with Crippen LogP contribution in [0.5, 0.6) is 0 Å². The van der Waals surface area contributed by atoms with Crippen molar-refractivity contribution < 1.29 is 28.8 Å². The van der Waals surface area contributed by atoms with Gasteiger partial charge in [-0.1, -0.05) is 91.7 Å². The molecule has 3 amide bonds. The van der Waals surface area contributed by atoms with Crippen LogP contribution >= 0.6 is 11.6 Å². The predicted molar refractivity (Wildman–Crippen MR) is 180 cm³/mol. The van der Waals surface area contributed by atoms with Gasteiger partial charge in [-0.2, -0.15) is 0 Å². The first-order chi connectivity index (χ1) is 23.3. The molecule has 7 rings (SSSR count). The van der Waals surface area contributed by atoms with Crippen molar-refractivity contribution in [3.63, 3.8) is 0 Å². The van der Waals surface area contributed by atoms with Crippen molar-refractivity contribution >= 4 is 41.0 Å². The van der Waals surface area contributed by atoms with Crippen molar-refractivity contribution in [2.24, 2.45) is 0 Å². The Morgan fingerprint density at radius 1 is 0.979 bits per heavy atom. The molecular weight excluding hydrogens is 632 g/mol. The average molecular weight is 669 g/mol. The molecule has 0 aromatic heterocycles. The van der Waals surface area contributed by atoms with Crippen molar-refractivity contribution in [3.05, 3.63) is 101 Å². The fraction of sp³-hybridized carbons (Fsp3) is 0.351. The maximum atomic E-state index is 14.0. The van der Waals surface area contributed by atoms with E-state index < -0.39 is 41.4 Å². The summed E-state index contributed by atoms with van der Waals surface area (Å²) in [5, 5.41) is 6.01. The molecular formula is C37H37ClN4O6. The van der Waals surface area contributed by atoms with Crippen molar-refractivity contribution in [2.45, 2.75) is 68.7 Å². The third-order valence-electron chi connectivity index (χ3n) is 9.51. The number of halogens is 1. The summed E-state index contributed by atoms with van der Waals surface area (Å²) in [5.41, 5.74) is 7.54. The van der Waals surface area contributed by atoms with Crippen LogP contribution in [0.25, 0.3) is 16.8 Å². The first kappa shape index (κ1) is 31.9. The maximum Gasteiger partial charge on any atom is 0.410 e. The van der Waals surface area contributed by atoms with E-state index in [2.05, 4.69) is 28.2 Å². The van der Waals surface area contributed by atoms with Gasteiger partial charge in [0.05, 0.1) is 18.3 Å². The number of carbonyl (C=O) groups excluding carboxylic acids is 4. The van der Waals surface area contributed by atoms with Crippen LogP contribution < -0.4 is 16.1 Å². The van der Waals surface area contributed by atoms with E-state index in [-0.39, 0.29) is 38.0 Å². The molecule has 2 heterocycles. The quantitative estimate of drug-likeness (QED) is 0.257. The standard InChI is InChI=1S/C37H37ClN4O6/c1-2-9-30(33(43)35(45)39-22-16-17-22)40-34(44)32-19-37(18-31(41-48-37)27-14-7-8-15-29(27)38)21-42(32)36(46)47-20-28-25-12-5-3-10-23(25)24-11-4-6-13-26(24)28/h3-8,10-15,18,22,28,30,32,41H,2,9,16-17,19-21H2,1H3,(H,39,45)(H,40,44)/t30-,32-,37+/m0/s1. The van der Waals surface area contributed by atoms with Gasteiger partial charge < -0.3 is 15.4 Å². The zero-order chi connectivity index (χ0) is 33.4. The van der Waals surface area contributed by atoms with E-state index in [4.69, 9.17) is 21.2 Å². The average Bonchev–Trinajstić information content (AvgIpc) is 3.56. The van der Waals surface area contributed by atoms with Crippen molar-refractivity contribution in [2.75, 3.05) is 13.2 Å². The molecule has 3 aromatic carbocycles. The molecule has 0 radical (unpaired) electrons. The van der Waals surface area contributed by atoms with Crippen LogP contribution in [0.15, 0.2) is 78.9 Å². The van der Waals surface area contributed by atoms with Crippen molar-refractivity contribution in [3.8, 4) is 11.1 Å². The number of hydrogen-bond donors (Lipinski definition) is 3. The second-order valence-corrected chi connectivity index (χ2v) is 13.3. The molecule has 1 saturated carbocycles. The molecule has 0 unspecified atom stereocenters. The minimum Gasteiger partial charge on any atom is -0.448 e. The van der Waals surface area contributed by atoms with E-state index in [0.29, 0.717) is 22.7 Å². The van der Waals surface area contributed by atoms with E-state index in [9.17, 15) is 19.2 Å². The Balaban J connectivity index is 1.13. The number of nitrogens with zero attached hydrogens (tertiary/aromatic N) is 1. The maximum absolute atomic E-state index is 14.0. The second kappa shape index (κ2) is 13.1. The highest BCUT2D eigenvalue weighted by atomic mass is 35.5. The van der Waals surface area contributed by atoms with Crippen LogP contribution in [0.3, 0.4) is 0 Å². The summed E-state index contributed by atoms with van der Waals surface area (Å²) in [7, 11) is 0. The summed E-state index contributed by atoms with van der Waals surface area (Å²) in [5.74, 6) is -2.13. The van der Waals surface area contributed by atoms with E-state index in [0.717, 1.165) is 35.1 Å². The lowest BCUT2D eigenvalue weighted by atomic mass is 9.97. The number of likely N-dealkylation sites (tertiary alicyclic amines) is 1. The van der Waals surface area contributed by atoms with Gasteiger partial charge in [0.1, 0.15) is 18.2 Å². The molecule has 1 saturated heterocycles. The molecule has 0 bridgehead atoms. The van der Waals surface area contributed by atoms with Crippen LogP contribution in [0.4, 0.5) is 4.79 Å². The lowest BCUT2D eigenvalue weighted by Crippen LogP contribution is -2.53. The summed E-state index contributed by atoms with van der Waals surface area (Å²) in [6.07, 6.45) is 3.76. The van der Waals surface area contributed by atoms with Gasteiger partial charge >= 0.3 is 6.09 Å². The number of hydroxylamine groups is 1. The van der Waals surface area contributed by atoms with Gasteiger partial charge in [0.15, 0.2) is 0 Å². The summed E-state index contributed by atoms with van der Waals surface area (Å²) in [6.45, 7) is 1.96. The molecule has 11 heteroatoms. The van der Waals surface area contributed by atoms with Gasteiger partial charge in [0.2, 0.25) is 11.7 Å². The summed E-state index contributed by atoms with van der Waals surface area (Å²) in [6, 6.07) is 21.3. The Morgan fingerprint density at radius 2 is 1.62 bits per heavy atom. The minimum atomic E-state index is -1.07. The number of amides is 3. The van der Waals surface area contributed by atoms with Gasteiger partial charge in [-0.15, -0.1) is 0 Å². The zero-order valence-corrected chi connectivity index (χ0v) is 27.3. The first-order valence-corrected chi connectivity index (χ1v) is 16.8. The molecule has 4 aliphatic rings. The van der Waals surface area contributed by atoms with Crippen LogP contribution in [-0.4, -0.2) is 65.5 Å². The summed E-state index contributed by atoms with van der Waals surface area (Å²) < 4.78 is 5.98. The number of fused-ring (bicyclic) bond motifs is 3. The largest absolute Gasteiger partial charge is 0.448 e. The number of carbonyl (C=O) groups is 4. The van der Waals surface area contributed by atoms with Crippen molar-refractivity contribution in [1.29, 1.82) is 0 Å².